The van der Waals surface area contributed by atoms with E-state index in [4.69, 9.17) is 4.74 Å². The van der Waals surface area contributed by atoms with Crippen LogP contribution in [0.1, 0.15) is 13.8 Å². The van der Waals surface area contributed by atoms with E-state index in [1.54, 1.807) is 13.8 Å². The molecule has 9 nitrogen and oxygen atoms in total. The Morgan fingerprint density at radius 3 is 1.84 bits per heavy atom. The molecule has 0 spiro atoms. The molecule has 31 heavy (non-hydrogen) atoms. The molecular formula is C20H27N3O6S2. The largest absolute Gasteiger partial charge is 0.497 e. The predicted octanol–water partition coefficient (Wildman–Crippen LogP) is 1.98. The van der Waals surface area contributed by atoms with Crippen LogP contribution in [0.2, 0.25) is 0 Å². The molecule has 0 aliphatic heterocycles. The minimum absolute atomic E-state index is 0.0366. The molecule has 1 amide bonds. The van der Waals surface area contributed by atoms with E-state index < -0.39 is 32.5 Å². The van der Waals surface area contributed by atoms with E-state index in [0.29, 0.717) is 24.5 Å². The third-order valence-electron chi connectivity index (χ3n) is 4.62. The van der Waals surface area contributed by atoms with Gasteiger partial charge in [-0.1, -0.05) is 13.8 Å². The summed E-state index contributed by atoms with van der Waals surface area (Å²) in [6.45, 7) is 3.81. The van der Waals surface area contributed by atoms with E-state index in [2.05, 4.69) is 5.32 Å². The highest BCUT2D eigenvalue weighted by Gasteiger charge is 2.24. The number of benzene rings is 2. The Bertz CT molecular complexity index is 1090. The molecule has 0 fully saturated rings. The average Bonchev–Trinajstić information content (AvgIpc) is 2.74. The Hall–Kier alpha value is -2.47. The minimum Gasteiger partial charge on any atom is -0.497 e. The third kappa shape index (κ3) is 5.82. The van der Waals surface area contributed by atoms with Gasteiger partial charge in [0, 0.05) is 25.8 Å². The average molecular weight is 470 g/mol. The first-order valence-corrected chi connectivity index (χ1v) is 12.4. The second-order valence-electron chi connectivity index (χ2n) is 6.60. The Morgan fingerprint density at radius 2 is 1.35 bits per heavy atom. The van der Waals surface area contributed by atoms with Gasteiger partial charge in [-0.25, -0.2) is 16.8 Å². The van der Waals surface area contributed by atoms with E-state index in [1.165, 1.54) is 67.0 Å². The number of hydrogen-bond donors (Lipinski definition) is 1. The van der Waals surface area contributed by atoms with Crippen molar-refractivity contribution in [3.8, 4) is 5.75 Å². The number of sulfonamides is 2. The summed E-state index contributed by atoms with van der Waals surface area (Å²) in [6, 6.07) is 11.6. The maximum absolute atomic E-state index is 12.6. The number of carbonyl (C=O) groups excluding carboxylic acids is 1. The Kier molecular flexibility index (Phi) is 8.18. The quantitative estimate of drug-likeness (QED) is 0.569. The van der Waals surface area contributed by atoms with Gasteiger partial charge in [0.25, 0.3) is 0 Å². The van der Waals surface area contributed by atoms with Gasteiger partial charge in [-0.05, 0) is 48.5 Å². The maximum atomic E-state index is 12.6. The van der Waals surface area contributed by atoms with Crippen LogP contribution in [-0.4, -0.2) is 65.1 Å². The van der Waals surface area contributed by atoms with Crippen molar-refractivity contribution in [2.24, 2.45) is 0 Å². The summed E-state index contributed by atoms with van der Waals surface area (Å²) in [5.41, 5.74) is 0.360. The highest BCUT2D eigenvalue weighted by molar-refractivity contribution is 7.89. The second kappa shape index (κ2) is 10.2. The summed E-state index contributed by atoms with van der Waals surface area (Å²) in [4.78, 5) is 12.5. The van der Waals surface area contributed by atoms with Crippen molar-refractivity contribution in [1.82, 2.24) is 8.61 Å². The van der Waals surface area contributed by atoms with Gasteiger partial charge in [0.05, 0.1) is 23.4 Å². The number of ether oxygens (including phenoxy) is 1. The standard InChI is InChI=1S/C20H27N3O6S2/c1-5-23(6-2)31(27,28)19-11-7-16(8-12-19)21-20(24)15-22(3)30(25,26)18-13-9-17(29-4)10-14-18/h7-14H,5-6,15H2,1-4H3,(H,21,24). The Balaban J connectivity index is 2.06. The Morgan fingerprint density at radius 1 is 0.871 bits per heavy atom. The molecule has 0 aromatic heterocycles. The zero-order valence-electron chi connectivity index (χ0n) is 17.9. The first kappa shape index (κ1) is 24.8. The first-order chi connectivity index (χ1) is 14.6. The van der Waals surface area contributed by atoms with Crippen LogP contribution in [0.25, 0.3) is 0 Å². The molecule has 1 N–H and O–H groups in total. The lowest BCUT2D eigenvalue weighted by atomic mass is 10.3. The normalized spacial score (nSPS) is 12.2. The molecule has 2 aromatic carbocycles. The predicted molar refractivity (Wildman–Crippen MR) is 118 cm³/mol. The monoisotopic (exact) mass is 469 g/mol. The zero-order chi connectivity index (χ0) is 23.2. The highest BCUT2D eigenvalue weighted by atomic mass is 32.2. The SMILES string of the molecule is CCN(CC)S(=O)(=O)c1ccc(NC(=O)CN(C)S(=O)(=O)c2ccc(OC)cc2)cc1. The van der Waals surface area contributed by atoms with Gasteiger partial charge in [-0.2, -0.15) is 8.61 Å². The van der Waals surface area contributed by atoms with Crippen LogP contribution in [0.5, 0.6) is 5.75 Å². The molecule has 170 valence electrons. The highest BCUT2D eigenvalue weighted by Crippen LogP contribution is 2.20. The fourth-order valence-electron chi connectivity index (χ4n) is 2.84. The summed E-state index contributed by atoms with van der Waals surface area (Å²) in [6.07, 6.45) is 0. The summed E-state index contributed by atoms with van der Waals surface area (Å²) in [5.74, 6) is -0.0373. The lowest BCUT2D eigenvalue weighted by Crippen LogP contribution is -2.35. The van der Waals surface area contributed by atoms with Gasteiger partial charge in [0.1, 0.15) is 5.75 Å². The molecule has 0 radical (unpaired) electrons. The van der Waals surface area contributed by atoms with Crippen molar-refractivity contribution >= 4 is 31.6 Å². The minimum atomic E-state index is -3.86. The van der Waals surface area contributed by atoms with Gasteiger partial charge >= 0.3 is 0 Å². The molecule has 2 aromatic rings. The molecule has 0 saturated heterocycles. The van der Waals surface area contributed by atoms with Gasteiger partial charge < -0.3 is 10.1 Å². The zero-order valence-corrected chi connectivity index (χ0v) is 19.5. The fraction of sp³-hybridized carbons (Fsp3) is 0.350. The molecule has 0 aliphatic rings. The second-order valence-corrected chi connectivity index (χ2v) is 10.6. The smallest absolute Gasteiger partial charge is 0.243 e. The van der Waals surface area contributed by atoms with E-state index in [-0.39, 0.29) is 9.79 Å². The number of rotatable bonds is 10. The summed E-state index contributed by atoms with van der Waals surface area (Å²) in [5, 5.41) is 2.58. The first-order valence-electron chi connectivity index (χ1n) is 9.56. The third-order valence-corrected chi connectivity index (χ3v) is 8.50. The fourth-order valence-corrected chi connectivity index (χ4v) is 5.42. The van der Waals surface area contributed by atoms with E-state index in [9.17, 15) is 21.6 Å². The number of methoxy groups -OCH3 is 1. The van der Waals surface area contributed by atoms with Gasteiger partial charge in [0.15, 0.2) is 0 Å². The molecule has 0 saturated carbocycles. The van der Waals surface area contributed by atoms with Gasteiger partial charge in [0.2, 0.25) is 26.0 Å². The van der Waals surface area contributed by atoms with Gasteiger partial charge in [-0.3, -0.25) is 4.79 Å². The number of carbonyl (C=O) groups is 1. The Labute approximate surface area is 183 Å². The van der Waals surface area contributed by atoms with Crippen molar-refractivity contribution in [2.75, 3.05) is 39.1 Å². The van der Waals surface area contributed by atoms with Crippen molar-refractivity contribution in [1.29, 1.82) is 0 Å². The van der Waals surface area contributed by atoms with Crippen molar-refractivity contribution < 1.29 is 26.4 Å². The van der Waals surface area contributed by atoms with Crippen molar-refractivity contribution in [3.63, 3.8) is 0 Å². The van der Waals surface area contributed by atoms with E-state index >= 15 is 0 Å². The van der Waals surface area contributed by atoms with Crippen molar-refractivity contribution in [3.05, 3.63) is 48.5 Å². The van der Waals surface area contributed by atoms with Crippen LogP contribution in [-0.2, 0) is 24.8 Å². The molecule has 0 bridgehead atoms. The number of hydrogen-bond acceptors (Lipinski definition) is 6. The summed E-state index contributed by atoms with van der Waals surface area (Å²) < 4.78 is 57.6. The molecular weight excluding hydrogens is 442 g/mol. The van der Waals surface area contributed by atoms with Crippen LogP contribution >= 0.6 is 0 Å². The van der Waals surface area contributed by atoms with Crippen LogP contribution in [0.4, 0.5) is 5.69 Å². The molecule has 0 heterocycles. The van der Waals surface area contributed by atoms with Crippen molar-refractivity contribution in [2.45, 2.75) is 23.6 Å². The number of nitrogens with one attached hydrogen (secondary N) is 1. The van der Waals surface area contributed by atoms with Crippen LogP contribution in [0.3, 0.4) is 0 Å². The molecule has 2 rings (SSSR count). The number of anilines is 1. The lowest BCUT2D eigenvalue weighted by Gasteiger charge is -2.19. The van der Waals surface area contributed by atoms with Crippen LogP contribution in [0, 0.1) is 0 Å². The summed E-state index contributed by atoms with van der Waals surface area (Å²) in [7, 11) is -4.67. The molecule has 11 heteroatoms. The van der Waals surface area contributed by atoms with Gasteiger partial charge in [-0.15, -0.1) is 0 Å². The topological polar surface area (TPSA) is 113 Å². The molecule has 0 atom stereocenters. The lowest BCUT2D eigenvalue weighted by molar-refractivity contribution is -0.116. The molecule has 0 aliphatic carbocycles. The molecule has 0 unspecified atom stereocenters. The van der Waals surface area contributed by atoms with E-state index in [0.717, 1.165) is 4.31 Å². The van der Waals surface area contributed by atoms with E-state index in [1.807, 2.05) is 0 Å². The number of amides is 1. The van der Waals surface area contributed by atoms with Crippen LogP contribution < -0.4 is 10.1 Å². The maximum Gasteiger partial charge on any atom is 0.243 e. The summed E-state index contributed by atoms with van der Waals surface area (Å²) >= 11 is 0. The number of nitrogens with zero attached hydrogens (tertiary/aromatic N) is 2. The van der Waals surface area contributed by atoms with Crippen LogP contribution in [0.15, 0.2) is 58.3 Å². The number of likely N-dealkylation sites (N-methyl/N-ethyl adjacent to an activating group) is 1.